The van der Waals surface area contributed by atoms with Crippen molar-refractivity contribution in [3.63, 3.8) is 0 Å². The predicted octanol–water partition coefficient (Wildman–Crippen LogP) is 4.64. The molecule has 0 heterocycles. The van der Waals surface area contributed by atoms with E-state index in [-0.39, 0.29) is 11.9 Å². The summed E-state index contributed by atoms with van der Waals surface area (Å²) in [5.41, 5.74) is 1.87. The van der Waals surface area contributed by atoms with Crippen LogP contribution < -0.4 is 5.32 Å². The summed E-state index contributed by atoms with van der Waals surface area (Å²) in [6.45, 7) is 0.543. The molecule has 1 amide bonds. The van der Waals surface area contributed by atoms with Gasteiger partial charge < -0.3 is 10.2 Å². The fourth-order valence-electron chi connectivity index (χ4n) is 3.04. The monoisotopic (exact) mass is 396 g/mol. The first-order valence-electron chi connectivity index (χ1n) is 8.24. The second kappa shape index (κ2) is 7.81. The highest BCUT2D eigenvalue weighted by molar-refractivity contribution is 9.10. The number of carbonyl (C=O) groups is 1. The van der Waals surface area contributed by atoms with Crippen LogP contribution in [0.1, 0.15) is 22.0 Å². The summed E-state index contributed by atoms with van der Waals surface area (Å²) in [5.74, 6) is -0.0699. The summed E-state index contributed by atoms with van der Waals surface area (Å²) in [5, 5.41) is 5.51. The third-order valence-corrected chi connectivity index (χ3v) is 5.07. The van der Waals surface area contributed by atoms with Crippen LogP contribution >= 0.6 is 15.9 Å². The van der Waals surface area contributed by atoms with Crippen LogP contribution in [0.3, 0.4) is 0 Å². The number of carbonyl (C=O) groups excluding carboxylic acids is 1. The maximum Gasteiger partial charge on any atom is 0.252 e. The molecule has 0 radical (unpaired) electrons. The summed E-state index contributed by atoms with van der Waals surface area (Å²) in [6, 6.07) is 22.2. The van der Waals surface area contributed by atoms with Gasteiger partial charge in [-0.2, -0.15) is 0 Å². The number of amides is 1. The quantitative estimate of drug-likeness (QED) is 0.681. The minimum absolute atomic E-state index is 0.0699. The van der Waals surface area contributed by atoms with Crippen molar-refractivity contribution < 1.29 is 4.79 Å². The Bertz CT molecular complexity index is 886. The Labute approximate surface area is 156 Å². The van der Waals surface area contributed by atoms with Crippen molar-refractivity contribution in [2.24, 2.45) is 0 Å². The van der Waals surface area contributed by atoms with Gasteiger partial charge in [-0.15, -0.1) is 0 Å². The molecular formula is C21H21BrN2O. The van der Waals surface area contributed by atoms with Gasteiger partial charge in [0.25, 0.3) is 5.91 Å². The average Bonchev–Trinajstić information content (AvgIpc) is 2.62. The van der Waals surface area contributed by atoms with Gasteiger partial charge in [-0.1, -0.05) is 54.6 Å². The van der Waals surface area contributed by atoms with Gasteiger partial charge in [-0.3, -0.25) is 4.79 Å². The minimum Gasteiger partial charge on any atom is -0.350 e. The van der Waals surface area contributed by atoms with Crippen molar-refractivity contribution in [3.8, 4) is 0 Å². The molecule has 0 aliphatic heterocycles. The van der Waals surface area contributed by atoms with Crippen molar-refractivity contribution in [1.82, 2.24) is 10.2 Å². The number of halogens is 1. The lowest BCUT2D eigenvalue weighted by Gasteiger charge is -2.26. The number of nitrogens with one attached hydrogen (secondary N) is 1. The Hall–Kier alpha value is -2.17. The van der Waals surface area contributed by atoms with E-state index < -0.39 is 0 Å². The summed E-state index contributed by atoms with van der Waals surface area (Å²) in [6.07, 6.45) is 0. The Morgan fingerprint density at radius 3 is 2.44 bits per heavy atom. The number of likely N-dealkylation sites (N-methyl/N-ethyl adjacent to an activating group) is 1. The zero-order valence-electron chi connectivity index (χ0n) is 14.4. The van der Waals surface area contributed by atoms with Crippen LogP contribution in [0.15, 0.2) is 71.2 Å². The number of benzene rings is 3. The highest BCUT2D eigenvalue weighted by Gasteiger charge is 2.18. The second-order valence-corrected chi connectivity index (χ2v) is 7.09. The van der Waals surface area contributed by atoms with Crippen molar-refractivity contribution in [3.05, 3.63) is 82.3 Å². The topological polar surface area (TPSA) is 32.3 Å². The first-order valence-corrected chi connectivity index (χ1v) is 9.04. The zero-order valence-corrected chi connectivity index (χ0v) is 16.0. The molecule has 3 rings (SSSR count). The molecule has 0 aliphatic carbocycles. The molecule has 3 aromatic carbocycles. The van der Waals surface area contributed by atoms with E-state index in [2.05, 4.69) is 62.5 Å². The van der Waals surface area contributed by atoms with Gasteiger partial charge in [0.1, 0.15) is 0 Å². The number of rotatable bonds is 5. The van der Waals surface area contributed by atoms with Gasteiger partial charge in [-0.25, -0.2) is 0 Å². The zero-order chi connectivity index (χ0) is 17.8. The van der Waals surface area contributed by atoms with Gasteiger partial charge in [0.2, 0.25) is 0 Å². The van der Waals surface area contributed by atoms with E-state index >= 15 is 0 Å². The highest BCUT2D eigenvalue weighted by atomic mass is 79.9. The van der Waals surface area contributed by atoms with Crippen LogP contribution in [0.25, 0.3) is 10.8 Å². The molecule has 0 unspecified atom stereocenters. The molecule has 0 fully saturated rings. The second-order valence-electron chi connectivity index (χ2n) is 6.24. The van der Waals surface area contributed by atoms with E-state index in [0.29, 0.717) is 12.1 Å². The summed E-state index contributed by atoms with van der Waals surface area (Å²) in [4.78, 5) is 14.7. The Morgan fingerprint density at radius 2 is 1.68 bits per heavy atom. The molecular weight excluding hydrogens is 376 g/mol. The molecule has 3 nitrogen and oxygen atoms in total. The van der Waals surface area contributed by atoms with E-state index in [1.165, 1.54) is 16.3 Å². The Balaban J connectivity index is 1.85. The third-order valence-electron chi connectivity index (χ3n) is 4.38. The van der Waals surface area contributed by atoms with E-state index in [1.54, 1.807) is 0 Å². The largest absolute Gasteiger partial charge is 0.350 e. The standard InChI is InChI=1S/C21H21BrN2O/c1-24(2)20(14-23-21(25)18-11-5-6-13-19(18)22)17-12-7-9-15-8-3-4-10-16(15)17/h3-13,20H,14H2,1-2H3,(H,23,25)/t20-/m0/s1. The average molecular weight is 397 g/mol. The van der Waals surface area contributed by atoms with Crippen molar-refractivity contribution in [2.45, 2.75) is 6.04 Å². The highest BCUT2D eigenvalue weighted by Crippen LogP contribution is 2.27. The molecule has 128 valence electrons. The van der Waals surface area contributed by atoms with Gasteiger partial charge in [0.05, 0.1) is 11.6 Å². The lowest BCUT2D eigenvalue weighted by molar-refractivity contribution is 0.0941. The third kappa shape index (κ3) is 3.91. The SMILES string of the molecule is CN(C)[C@@H](CNC(=O)c1ccccc1Br)c1cccc2ccccc12. The van der Waals surface area contributed by atoms with Gasteiger partial charge in [0, 0.05) is 11.0 Å². The fraction of sp³-hybridized carbons (Fsp3) is 0.190. The summed E-state index contributed by atoms with van der Waals surface area (Å²) in [7, 11) is 4.08. The first-order chi connectivity index (χ1) is 12.1. The lowest BCUT2D eigenvalue weighted by atomic mass is 9.98. The molecule has 0 saturated carbocycles. The van der Waals surface area contributed by atoms with Gasteiger partial charge in [-0.05, 0) is 58.5 Å². The van der Waals surface area contributed by atoms with Crippen LogP contribution in [0.5, 0.6) is 0 Å². The molecule has 0 spiro atoms. The maximum absolute atomic E-state index is 12.5. The molecule has 1 atom stereocenters. The molecule has 3 aromatic rings. The van der Waals surface area contributed by atoms with Gasteiger partial charge in [0.15, 0.2) is 0 Å². The number of nitrogens with zero attached hydrogens (tertiary/aromatic N) is 1. The summed E-state index contributed by atoms with van der Waals surface area (Å²) >= 11 is 3.44. The van der Waals surface area contributed by atoms with Crippen molar-refractivity contribution >= 4 is 32.6 Å². The van der Waals surface area contributed by atoms with Crippen LogP contribution in [0, 0.1) is 0 Å². The molecule has 0 saturated heterocycles. The maximum atomic E-state index is 12.5. The molecule has 0 bridgehead atoms. The predicted molar refractivity (Wildman–Crippen MR) is 107 cm³/mol. The molecule has 1 N–H and O–H groups in total. The van der Waals surface area contributed by atoms with E-state index in [0.717, 1.165) is 4.47 Å². The van der Waals surface area contributed by atoms with Crippen LogP contribution in [0.2, 0.25) is 0 Å². The number of hydrogen-bond donors (Lipinski definition) is 1. The minimum atomic E-state index is -0.0699. The summed E-state index contributed by atoms with van der Waals surface area (Å²) < 4.78 is 0.805. The molecule has 25 heavy (non-hydrogen) atoms. The van der Waals surface area contributed by atoms with Crippen molar-refractivity contribution in [2.75, 3.05) is 20.6 Å². The van der Waals surface area contributed by atoms with Crippen LogP contribution in [-0.2, 0) is 0 Å². The fourth-order valence-corrected chi connectivity index (χ4v) is 3.51. The van der Waals surface area contributed by atoms with Gasteiger partial charge >= 0.3 is 0 Å². The Kier molecular flexibility index (Phi) is 5.51. The number of hydrogen-bond acceptors (Lipinski definition) is 2. The number of fused-ring (bicyclic) bond motifs is 1. The normalized spacial score (nSPS) is 12.3. The first kappa shape index (κ1) is 17.6. The molecule has 0 aromatic heterocycles. The molecule has 0 aliphatic rings. The van der Waals surface area contributed by atoms with E-state index in [9.17, 15) is 4.79 Å². The smallest absolute Gasteiger partial charge is 0.252 e. The lowest BCUT2D eigenvalue weighted by Crippen LogP contribution is -2.34. The van der Waals surface area contributed by atoms with E-state index in [1.807, 2.05) is 44.4 Å². The van der Waals surface area contributed by atoms with Crippen LogP contribution in [-0.4, -0.2) is 31.4 Å². The van der Waals surface area contributed by atoms with Crippen LogP contribution in [0.4, 0.5) is 0 Å². The van der Waals surface area contributed by atoms with Crippen molar-refractivity contribution in [1.29, 1.82) is 0 Å². The Morgan fingerprint density at radius 1 is 1.00 bits per heavy atom. The molecule has 4 heteroatoms. The van der Waals surface area contributed by atoms with E-state index in [4.69, 9.17) is 0 Å².